The van der Waals surface area contributed by atoms with Gasteiger partial charge in [0.25, 0.3) is 0 Å². The van der Waals surface area contributed by atoms with Crippen molar-refractivity contribution in [1.29, 1.82) is 0 Å². The van der Waals surface area contributed by atoms with Crippen LogP contribution in [0, 0.1) is 5.82 Å². The topological polar surface area (TPSA) is 26.0 Å². The first-order valence-electron chi connectivity index (χ1n) is 5.99. The van der Waals surface area contributed by atoms with Gasteiger partial charge in [-0.05, 0) is 36.2 Å². The summed E-state index contributed by atoms with van der Waals surface area (Å²) < 4.78 is 13.7. The maximum absolute atomic E-state index is 13.7. The van der Waals surface area contributed by atoms with Crippen LogP contribution < -0.4 is 5.73 Å². The molecule has 0 saturated heterocycles. The standard InChI is InChI=1S/C15H15ClFNS/c1-10(18)11-5-7-13(8-6-11)19-9-12-3-2-4-14(16)15(12)17/h2-8,10H,9,18H2,1H3. The fourth-order valence-electron chi connectivity index (χ4n) is 1.69. The van der Waals surface area contributed by atoms with Crippen LogP contribution in [0.15, 0.2) is 47.4 Å². The van der Waals surface area contributed by atoms with E-state index in [1.165, 1.54) is 0 Å². The maximum atomic E-state index is 13.7. The summed E-state index contributed by atoms with van der Waals surface area (Å²) in [6, 6.07) is 13.1. The zero-order valence-corrected chi connectivity index (χ0v) is 12.1. The molecule has 0 saturated carbocycles. The van der Waals surface area contributed by atoms with Gasteiger partial charge >= 0.3 is 0 Å². The Bertz CT molecular complexity index is 555. The van der Waals surface area contributed by atoms with E-state index < -0.39 is 0 Å². The lowest BCUT2D eigenvalue weighted by Crippen LogP contribution is -2.04. The van der Waals surface area contributed by atoms with Crippen LogP contribution in [0.3, 0.4) is 0 Å². The van der Waals surface area contributed by atoms with E-state index in [0.29, 0.717) is 11.3 Å². The minimum atomic E-state index is -0.330. The zero-order chi connectivity index (χ0) is 13.8. The lowest BCUT2D eigenvalue weighted by molar-refractivity contribution is 0.618. The molecule has 2 rings (SSSR count). The summed E-state index contributed by atoms with van der Waals surface area (Å²) in [6.45, 7) is 1.95. The molecule has 0 heterocycles. The van der Waals surface area contributed by atoms with Gasteiger partial charge in [-0.3, -0.25) is 0 Å². The number of rotatable bonds is 4. The van der Waals surface area contributed by atoms with Crippen molar-refractivity contribution in [3.8, 4) is 0 Å². The van der Waals surface area contributed by atoms with Crippen LogP contribution in [0.25, 0.3) is 0 Å². The molecular weight excluding hydrogens is 281 g/mol. The Morgan fingerprint density at radius 2 is 1.89 bits per heavy atom. The monoisotopic (exact) mass is 295 g/mol. The van der Waals surface area contributed by atoms with Crippen molar-refractivity contribution in [2.45, 2.75) is 23.6 Å². The molecule has 0 amide bonds. The van der Waals surface area contributed by atoms with Crippen molar-refractivity contribution >= 4 is 23.4 Å². The Balaban J connectivity index is 2.04. The molecule has 2 aromatic carbocycles. The molecule has 19 heavy (non-hydrogen) atoms. The normalized spacial score (nSPS) is 12.4. The highest BCUT2D eigenvalue weighted by Crippen LogP contribution is 2.27. The molecule has 1 unspecified atom stereocenters. The third-order valence-corrected chi connectivity index (χ3v) is 4.18. The maximum Gasteiger partial charge on any atom is 0.145 e. The number of halogens is 2. The number of nitrogens with two attached hydrogens (primary N) is 1. The van der Waals surface area contributed by atoms with Crippen LogP contribution in [-0.4, -0.2) is 0 Å². The van der Waals surface area contributed by atoms with Gasteiger partial charge in [-0.25, -0.2) is 4.39 Å². The molecule has 100 valence electrons. The second kappa shape index (κ2) is 6.42. The van der Waals surface area contributed by atoms with Crippen LogP contribution in [0.5, 0.6) is 0 Å². The summed E-state index contributed by atoms with van der Waals surface area (Å²) in [6.07, 6.45) is 0. The van der Waals surface area contributed by atoms with E-state index >= 15 is 0 Å². The molecule has 0 spiro atoms. The molecular formula is C15H15ClFNS. The number of hydrogen-bond acceptors (Lipinski definition) is 2. The summed E-state index contributed by atoms with van der Waals surface area (Å²) in [5, 5.41) is 0.172. The highest BCUT2D eigenvalue weighted by molar-refractivity contribution is 7.98. The van der Waals surface area contributed by atoms with Crippen molar-refractivity contribution in [2.75, 3.05) is 0 Å². The van der Waals surface area contributed by atoms with Crippen LogP contribution >= 0.6 is 23.4 Å². The first-order valence-corrected chi connectivity index (χ1v) is 7.35. The smallest absolute Gasteiger partial charge is 0.145 e. The van der Waals surface area contributed by atoms with Crippen LogP contribution in [0.1, 0.15) is 24.1 Å². The lowest BCUT2D eigenvalue weighted by Gasteiger charge is -2.07. The van der Waals surface area contributed by atoms with Crippen LogP contribution in [0.4, 0.5) is 4.39 Å². The highest BCUT2D eigenvalue weighted by atomic mass is 35.5. The van der Waals surface area contributed by atoms with Gasteiger partial charge in [0, 0.05) is 16.7 Å². The van der Waals surface area contributed by atoms with Crippen molar-refractivity contribution in [2.24, 2.45) is 5.73 Å². The minimum Gasteiger partial charge on any atom is -0.324 e. The third-order valence-electron chi connectivity index (χ3n) is 2.83. The molecule has 0 aliphatic heterocycles. The summed E-state index contributed by atoms with van der Waals surface area (Å²) >= 11 is 7.33. The van der Waals surface area contributed by atoms with Gasteiger partial charge in [0.15, 0.2) is 0 Å². The van der Waals surface area contributed by atoms with Crippen LogP contribution in [0.2, 0.25) is 5.02 Å². The largest absolute Gasteiger partial charge is 0.324 e. The molecule has 2 aromatic rings. The lowest BCUT2D eigenvalue weighted by atomic mass is 10.1. The first kappa shape index (κ1) is 14.4. The minimum absolute atomic E-state index is 0.0319. The molecule has 0 radical (unpaired) electrons. The average Bonchev–Trinajstić information content (AvgIpc) is 2.41. The molecule has 2 N–H and O–H groups in total. The Labute approximate surface area is 122 Å². The molecule has 0 aliphatic rings. The molecule has 1 nitrogen and oxygen atoms in total. The summed E-state index contributed by atoms with van der Waals surface area (Å²) in [7, 11) is 0. The Kier molecular flexibility index (Phi) is 4.86. The number of hydrogen-bond donors (Lipinski definition) is 1. The van der Waals surface area contributed by atoms with E-state index in [4.69, 9.17) is 17.3 Å². The van der Waals surface area contributed by atoms with Gasteiger partial charge in [-0.1, -0.05) is 35.9 Å². The Morgan fingerprint density at radius 3 is 2.53 bits per heavy atom. The third kappa shape index (κ3) is 3.72. The predicted octanol–water partition coefficient (Wildman–Crippen LogP) is 4.79. The van der Waals surface area contributed by atoms with Crippen molar-refractivity contribution in [3.05, 3.63) is 64.4 Å². The van der Waals surface area contributed by atoms with Gasteiger partial charge in [-0.2, -0.15) is 0 Å². The molecule has 0 aliphatic carbocycles. The molecule has 1 atom stereocenters. The number of thioether (sulfide) groups is 1. The molecule has 0 aromatic heterocycles. The van der Waals surface area contributed by atoms with Crippen molar-refractivity contribution in [3.63, 3.8) is 0 Å². The fourth-order valence-corrected chi connectivity index (χ4v) is 2.76. The van der Waals surface area contributed by atoms with E-state index in [1.807, 2.05) is 31.2 Å². The van der Waals surface area contributed by atoms with E-state index in [0.717, 1.165) is 10.5 Å². The van der Waals surface area contributed by atoms with E-state index in [9.17, 15) is 4.39 Å². The van der Waals surface area contributed by atoms with Crippen LogP contribution in [-0.2, 0) is 5.75 Å². The second-order valence-electron chi connectivity index (χ2n) is 4.36. The molecule has 4 heteroatoms. The van der Waals surface area contributed by atoms with Crippen molar-refractivity contribution in [1.82, 2.24) is 0 Å². The average molecular weight is 296 g/mol. The van der Waals surface area contributed by atoms with E-state index in [2.05, 4.69) is 0 Å². The highest BCUT2D eigenvalue weighted by Gasteiger charge is 2.06. The number of benzene rings is 2. The van der Waals surface area contributed by atoms with Gasteiger partial charge in [-0.15, -0.1) is 11.8 Å². The van der Waals surface area contributed by atoms with E-state index in [1.54, 1.807) is 30.0 Å². The quantitative estimate of drug-likeness (QED) is 0.821. The van der Waals surface area contributed by atoms with E-state index in [-0.39, 0.29) is 16.9 Å². The molecule has 0 bridgehead atoms. The summed E-state index contributed by atoms with van der Waals surface area (Å²) in [5.74, 6) is 0.230. The van der Waals surface area contributed by atoms with Gasteiger partial charge in [0.05, 0.1) is 5.02 Å². The fraction of sp³-hybridized carbons (Fsp3) is 0.200. The SMILES string of the molecule is CC(N)c1ccc(SCc2cccc(Cl)c2F)cc1. The summed E-state index contributed by atoms with van der Waals surface area (Å²) in [4.78, 5) is 1.09. The predicted molar refractivity (Wildman–Crippen MR) is 80.0 cm³/mol. The Hall–Kier alpha value is -1.03. The van der Waals surface area contributed by atoms with Crippen molar-refractivity contribution < 1.29 is 4.39 Å². The van der Waals surface area contributed by atoms with Gasteiger partial charge < -0.3 is 5.73 Å². The van der Waals surface area contributed by atoms with Gasteiger partial charge in [0.1, 0.15) is 5.82 Å². The zero-order valence-electron chi connectivity index (χ0n) is 10.6. The second-order valence-corrected chi connectivity index (χ2v) is 5.82. The first-order chi connectivity index (χ1) is 9.08. The van der Waals surface area contributed by atoms with Gasteiger partial charge in [0.2, 0.25) is 0 Å². The molecule has 0 fully saturated rings. The summed E-state index contributed by atoms with van der Waals surface area (Å²) in [5.41, 5.74) is 7.51. The Morgan fingerprint density at radius 1 is 1.21 bits per heavy atom.